The molecule has 0 N–H and O–H groups in total. The summed E-state index contributed by atoms with van der Waals surface area (Å²) in [6.07, 6.45) is 5.82. The van der Waals surface area contributed by atoms with E-state index in [0.717, 1.165) is 5.35 Å². The molecular formula is C8H11N3. The van der Waals surface area contributed by atoms with Crippen LogP contribution >= 0.6 is 0 Å². The van der Waals surface area contributed by atoms with Gasteiger partial charge in [-0.05, 0) is 13.0 Å². The summed E-state index contributed by atoms with van der Waals surface area (Å²) in [7, 11) is 1.84. The first-order chi connectivity index (χ1) is 5.25. The van der Waals surface area contributed by atoms with Gasteiger partial charge < -0.3 is 0 Å². The van der Waals surface area contributed by atoms with E-state index in [0.29, 0.717) is 5.35 Å². The Bertz CT molecular complexity index is 359. The average molecular weight is 149 g/mol. The third kappa shape index (κ3) is 1.55. The highest BCUT2D eigenvalue weighted by molar-refractivity contribution is 5.33. The van der Waals surface area contributed by atoms with Crippen LogP contribution in [0.1, 0.15) is 6.92 Å². The Morgan fingerprint density at radius 2 is 2.27 bits per heavy atom. The predicted molar refractivity (Wildman–Crippen MR) is 45.1 cm³/mol. The Hall–Kier alpha value is -1.38. The van der Waals surface area contributed by atoms with Gasteiger partial charge in [-0.1, -0.05) is 23.9 Å². The highest BCUT2D eigenvalue weighted by Gasteiger charge is 1.87. The summed E-state index contributed by atoms with van der Waals surface area (Å²) in [4.78, 5) is 0. The second kappa shape index (κ2) is 3.14. The molecular weight excluding hydrogens is 138 g/mol. The molecule has 58 valence electrons. The number of hydrogen-bond donors (Lipinski definition) is 0. The second-order valence-electron chi connectivity index (χ2n) is 2.24. The summed E-state index contributed by atoms with van der Waals surface area (Å²) in [6, 6.07) is 0. The maximum atomic E-state index is 3.81. The van der Waals surface area contributed by atoms with E-state index in [1.165, 1.54) is 0 Å². The number of allylic oxidation sites excluding steroid dienone is 2. The SMILES string of the molecule is C=c1nnn(C)/c1=C/C=C\C. The van der Waals surface area contributed by atoms with Crippen LogP contribution < -0.4 is 10.7 Å². The van der Waals surface area contributed by atoms with Crippen molar-refractivity contribution in [3.8, 4) is 0 Å². The Morgan fingerprint density at radius 3 is 2.73 bits per heavy atom. The van der Waals surface area contributed by atoms with E-state index in [2.05, 4.69) is 16.9 Å². The zero-order valence-corrected chi connectivity index (χ0v) is 6.78. The first-order valence-electron chi connectivity index (χ1n) is 3.43. The van der Waals surface area contributed by atoms with Gasteiger partial charge in [-0.3, -0.25) is 0 Å². The van der Waals surface area contributed by atoms with Gasteiger partial charge in [-0.15, -0.1) is 5.10 Å². The van der Waals surface area contributed by atoms with E-state index in [1.54, 1.807) is 4.68 Å². The first-order valence-corrected chi connectivity index (χ1v) is 3.43. The Balaban J connectivity index is 3.31. The normalized spacial score (nSPS) is 13.1. The molecule has 1 heterocycles. The van der Waals surface area contributed by atoms with Crippen LogP contribution in [0.25, 0.3) is 12.7 Å². The van der Waals surface area contributed by atoms with Crippen molar-refractivity contribution in [1.82, 2.24) is 15.0 Å². The molecule has 0 saturated heterocycles. The van der Waals surface area contributed by atoms with Crippen LogP contribution in [0.3, 0.4) is 0 Å². The molecule has 0 bridgehead atoms. The number of rotatable bonds is 1. The fourth-order valence-electron chi connectivity index (χ4n) is 0.799. The van der Waals surface area contributed by atoms with Crippen LogP contribution in [-0.4, -0.2) is 15.0 Å². The molecule has 3 nitrogen and oxygen atoms in total. The molecule has 0 saturated carbocycles. The minimum atomic E-state index is 0.714. The van der Waals surface area contributed by atoms with Gasteiger partial charge in [0.15, 0.2) is 0 Å². The highest BCUT2D eigenvalue weighted by Crippen LogP contribution is 1.69. The third-order valence-electron chi connectivity index (χ3n) is 1.39. The van der Waals surface area contributed by atoms with Crippen LogP contribution in [0.2, 0.25) is 0 Å². The van der Waals surface area contributed by atoms with Crippen molar-refractivity contribution >= 4 is 12.7 Å². The van der Waals surface area contributed by atoms with E-state index in [-0.39, 0.29) is 0 Å². The topological polar surface area (TPSA) is 30.7 Å². The van der Waals surface area contributed by atoms with Crippen molar-refractivity contribution in [3.05, 3.63) is 22.9 Å². The molecule has 0 amide bonds. The van der Waals surface area contributed by atoms with Crippen LogP contribution in [0, 0.1) is 0 Å². The summed E-state index contributed by atoms with van der Waals surface area (Å²) in [5.74, 6) is 0. The summed E-state index contributed by atoms with van der Waals surface area (Å²) in [6.45, 7) is 5.70. The molecule has 0 aromatic carbocycles. The van der Waals surface area contributed by atoms with E-state index in [4.69, 9.17) is 0 Å². The minimum Gasteiger partial charge on any atom is -0.248 e. The van der Waals surface area contributed by atoms with Crippen molar-refractivity contribution in [2.24, 2.45) is 7.05 Å². The standard InChI is InChI=1S/C8H11N3/c1-4-5-6-8-7(2)9-10-11(8)3/h4-6H,2H2,1,3H3/b5-4-,8-6+. The molecule has 11 heavy (non-hydrogen) atoms. The van der Waals surface area contributed by atoms with Gasteiger partial charge in [0.2, 0.25) is 0 Å². The summed E-state index contributed by atoms with van der Waals surface area (Å²) >= 11 is 0. The highest BCUT2D eigenvalue weighted by atomic mass is 15.4. The van der Waals surface area contributed by atoms with Gasteiger partial charge in [0.25, 0.3) is 0 Å². The third-order valence-corrected chi connectivity index (χ3v) is 1.39. The van der Waals surface area contributed by atoms with Gasteiger partial charge >= 0.3 is 0 Å². The molecule has 0 radical (unpaired) electrons. The van der Waals surface area contributed by atoms with Crippen molar-refractivity contribution in [3.63, 3.8) is 0 Å². The molecule has 1 aromatic rings. The second-order valence-corrected chi connectivity index (χ2v) is 2.24. The number of nitrogens with zero attached hydrogens (tertiary/aromatic N) is 3. The molecule has 0 spiro atoms. The molecule has 0 aliphatic rings. The van der Waals surface area contributed by atoms with Crippen molar-refractivity contribution in [2.45, 2.75) is 6.92 Å². The first kappa shape index (κ1) is 7.72. The number of hydrogen-bond acceptors (Lipinski definition) is 2. The Morgan fingerprint density at radius 1 is 1.55 bits per heavy atom. The van der Waals surface area contributed by atoms with Crippen LogP contribution in [0.15, 0.2) is 12.2 Å². The maximum absolute atomic E-state index is 3.81. The number of aryl methyl sites for hydroxylation is 1. The summed E-state index contributed by atoms with van der Waals surface area (Å²) < 4.78 is 1.70. The average Bonchev–Trinajstić information content (AvgIpc) is 2.29. The molecule has 3 heteroatoms. The maximum Gasteiger partial charge on any atom is 0.106 e. The molecule has 1 aromatic heterocycles. The van der Waals surface area contributed by atoms with Crippen LogP contribution in [-0.2, 0) is 7.05 Å². The predicted octanol–water partition coefficient (Wildman–Crippen LogP) is -0.418. The smallest absolute Gasteiger partial charge is 0.106 e. The molecule has 0 unspecified atom stereocenters. The Kier molecular flexibility index (Phi) is 2.21. The van der Waals surface area contributed by atoms with E-state index in [1.807, 2.05) is 32.2 Å². The van der Waals surface area contributed by atoms with Crippen molar-refractivity contribution in [2.75, 3.05) is 0 Å². The molecule has 0 fully saturated rings. The monoisotopic (exact) mass is 149 g/mol. The van der Waals surface area contributed by atoms with Gasteiger partial charge in [0.05, 0.1) is 5.35 Å². The van der Waals surface area contributed by atoms with Gasteiger partial charge in [-0.2, -0.15) is 0 Å². The zero-order valence-electron chi connectivity index (χ0n) is 6.78. The summed E-state index contributed by atoms with van der Waals surface area (Å²) in [5.41, 5.74) is 0. The van der Waals surface area contributed by atoms with Gasteiger partial charge in [0.1, 0.15) is 5.35 Å². The fourth-order valence-corrected chi connectivity index (χ4v) is 0.799. The lowest BCUT2D eigenvalue weighted by Crippen LogP contribution is -2.27. The van der Waals surface area contributed by atoms with Gasteiger partial charge in [0, 0.05) is 7.05 Å². The number of aromatic nitrogens is 3. The molecule has 1 rings (SSSR count). The van der Waals surface area contributed by atoms with E-state index in [9.17, 15) is 0 Å². The van der Waals surface area contributed by atoms with E-state index < -0.39 is 0 Å². The largest absolute Gasteiger partial charge is 0.248 e. The van der Waals surface area contributed by atoms with Gasteiger partial charge in [-0.25, -0.2) is 4.68 Å². The van der Waals surface area contributed by atoms with Crippen molar-refractivity contribution < 1.29 is 0 Å². The van der Waals surface area contributed by atoms with Crippen molar-refractivity contribution in [1.29, 1.82) is 0 Å². The van der Waals surface area contributed by atoms with Crippen LogP contribution in [0.5, 0.6) is 0 Å². The van der Waals surface area contributed by atoms with Crippen LogP contribution in [0.4, 0.5) is 0 Å². The lowest BCUT2D eigenvalue weighted by molar-refractivity contribution is 0.698. The molecule has 0 atom stereocenters. The molecule has 0 aliphatic carbocycles. The minimum absolute atomic E-state index is 0.714. The quantitative estimate of drug-likeness (QED) is 0.543. The Labute approximate surface area is 65.3 Å². The zero-order chi connectivity index (χ0) is 8.27. The molecule has 0 aliphatic heterocycles. The lowest BCUT2D eigenvalue weighted by atomic mass is 10.4. The summed E-state index contributed by atoms with van der Waals surface area (Å²) in [5, 5.41) is 9.27. The lowest BCUT2D eigenvalue weighted by Gasteiger charge is -1.82. The fraction of sp³-hybridized carbons (Fsp3) is 0.250. The van der Waals surface area contributed by atoms with E-state index >= 15 is 0 Å².